The Labute approximate surface area is 215 Å². The molecule has 0 fully saturated rings. The summed E-state index contributed by atoms with van der Waals surface area (Å²) in [4.78, 5) is 30.7. The highest BCUT2D eigenvalue weighted by Crippen LogP contribution is 2.31. The second-order valence-electron chi connectivity index (χ2n) is 9.88. The van der Waals surface area contributed by atoms with Crippen molar-refractivity contribution in [1.29, 1.82) is 0 Å². The van der Waals surface area contributed by atoms with E-state index in [0.29, 0.717) is 17.9 Å². The first-order valence-electron chi connectivity index (χ1n) is 11.9. The van der Waals surface area contributed by atoms with Gasteiger partial charge in [-0.2, -0.15) is 0 Å². The first-order chi connectivity index (χ1) is 16.4. The zero-order valence-corrected chi connectivity index (χ0v) is 22.4. The summed E-state index contributed by atoms with van der Waals surface area (Å²) in [6.07, 6.45) is -0.387. The normalized spacial score (nSPS) is 31.1. The number of halogens is 1. The van der Waals surface area contributed by atoms with Crippen LogP contribution in [0.4, 0.5) is 0 Å². The topological polar surface area (TPSA) is 109 Å². The Bertz CT molecular complexity index is 1100. The molecule has 9 heteroatoms. The third kappa shape index (κ3) is 6.68. The summed E-state index contributed by atoms with van der Waals surface area (Å²) in [7, 11) is 0. The van der Waals surface area contributed by atoms with Crippen molar-refractivity contribution >= 4 is 44.8 Å². The Morgan fingerprint density at radius 2 is 1.94 bits per heavy atom. The van der Waals surface area contributed by atoms with Crippen molar-refractivity contribution in [2.45, 2.75) is 78.2 Å². The quantitative estimate of drug-likeness (QED) is 0.511. The van der Waals surface area contributed by atoms with E-state index in [1.54, 1.807) is 39.0 Å². The van der Waals surface area contributed by atoms with Crippen LogP contribution < -0.4 is 5.32 Å². The molecular weight excluding hydrogens is 488 g/mol. The van der Waals surface area contributed by atoms with Crippen LogP contribution in [0.5, 0.6) is 0 Å². The van der Waals surface area contributed by atoms with Crippen LogP contribution in [-0.4, -0.2) is 51.8 Å². The number of aromatic nitrogens is 1. The molecule has 0 aliphatic carbocycles. The molecule has 7 nitrogen and oxygen atoms in total. The fourth-order valence-corrected chi connectivity index (χ4v) is 5.31. The maximum absolute atomic E-state index is 13.2. The molecule has 192 valence electrons. The van der Waals surface area contributed by atoms with Gasteiger partial charge in [-0.1, -0.05) is 44.5 Å². The van der Waals surface area contributed by atoms with Crippen LogP contribution in [0.25, 0.3) is 10.2 Å². The van der Waals surface area contributed by atoms with Crippen LogP contribution >= 0.6 is 22.9 Å². The van der Waals surface area contributed by atoms with E-state index >= 15 is 0 Å². The molecule has 0 spiro atoms. The summed E-state index contributed by atoms with van der Waals surface area (Å²) < 4.78 is 6.82. The number of nitrogens with one attached hydrogen (secondary N) is 1. The first-order valence-corrected chi connectivity index (χ1v) is 13.1. The number of amides is 1. The maximum atomic E-state index is 13.2. The van der Waals surface area contributed by atoms with Crippen molar-refractivity contribution in [3.8, 4) is 0 Å². The van der Waals surface area contributed by atoms with Crippen LogP contribution in [0, 0.1) is 18.3 Å². The molecule has 1 aromatic heterocycles. The molecule has 1 aromatic carbocycles. The molecule has 2 aromatic rings. The van der Waals surface area contributed by atoms with Gasteiger partial charge in [-0.15, -0.1) is 11.3 Å². The Hall–Kier alpha value is -1.84. The number of ketones is 1. The molecule has 1 aliphatic heterocycles. The number of benzene rings is 1. The summed E-state index contributed by atoms with van der Waals surface area (Å²) >= 11 is 8.04. The first kappa shape index (κ1) is 27.7. The summed E-state index contributed by atoms with van der Waals surface area (Å²) in [5.74, 6) is -1.48. The number of hydrogen-bond donors (Lipinski definition) is 3. The highest BCUT2D eigenvalue weighted by molar-refractivity contribution is 7.18. The molecule has 0 radical (unpaired) electrons. The van der Waals surface area contributed by atoms with E-state index in [-0.39, 0.29) is 30.8 Å². The number of carbonyl (C=O) groups is 2. The van der Waals surface area contributed by atoms with Crippen molar-refractivity contribution in [1.82, 2.24) is 10.3 Å². The fourth-order valence-electron chi connectivity index (χ4n) is 4.34. The molecule has 0 saturated heterocycles. The second-order valence-corrected chi connectivity index (χ2v) is 11.6. The third-order valence-electron chi connectivity index (χ3n) is 6.81. The number of aliphatic hydroxyl groups excluding tert-OH is 2. The number of thiazole rings is 1. The van der Waals surface area contributed by atoms with Crippen molar-refractivity contribution in [2.75, 3.05) is 6.61 Å². The summed E-state index contributed by atoms with van der Waals surface area (Å²) in [5.41, 5.74) is 0.511. The minimum atomic E-state index is -1.23. The zero-order chi connectivity index (χ0) is 25.9. The minimum Gasteiger partial charge on any atom is -0.392 e. The molecule has 5 atom stereocenters. The van der Waals surface area contributed by atoms with E-state index in [0.717, 1.165) is 20.8 Å². The Morgan fingerprint density at radius 1 is 1.23 bits per heavy atom. The van der Waals surface area contributed by atoms with Gasteiger partial charge in [0.1, 0.15) is 5.78 Å². The van der Waals surface area contributed by atoms with E-state index in [1.165, 1.54) is 0 Å². The lowest BCUT2D eigenvalue weighted by molar-refractivity contribution is -0.145. The lowest BCUT2D eigenvalue weighted by atomic mass is 9.74. The molecule has 0 bridgehead atoms. The lowest BCUT2D eigenvalue weighted by Crippen LogP contribution is -2.47. The SMILES string of the molecule is Cc1nc2cc([C@@H]3C/C=C(/Cl)CCO[C@@H](C)[C@@H](O)[C@@H](C)C(=O)C(C)(C)[C@@H](O)CC(=O)N3)ccc2s1. The zero-order valence-electron chi connectivity index (χ0n) is 20.9. The van der Waals surface area contributed by atoms with E-state index in [9.17, 15) is 19.8 Å². The smallest absolute Gasteiger partial charge is 0.223 e. The number of carbonyl (C=O) groups excluding carboxylic acids is 2. The molecule has 3 rings (SSSR count). The number of aliphatic hydroxyl groups is 2. The standard InChI is InChI=1S/C26H35ClN2O5S/c1-14-24(32)15(2)34-11-10-18(27)7-8-19(17-6-9-21-20(12-17)28-16(3)35-21)29-23(31)13-22(30)26(4,5)25(14)33/h6-7,9,12,14-15,19,22,24,30,32H,8,10-11,13H2,1-5H3,(H,29,31)/b18-7+/t14-,15+,19+,22+,24+/m1/s1. The van der Waals surface area contributed by atoms with E-state index < -0.39 is 29.6 Å². The lowest BCUT2D eigenvalue weighted by Gasteiger charge is -2.34. The van der Waals surface area contributed by atoms with Gasteiger partial charge >= 0.3 is 0 Å². The monoisotopic (exact) mass is 522 g/mol. The number of aryl methyl sites for hydroxylation is 1. The predicted octanol–water partition coefficient (Wildman–Crippen LogP) is 4.43. The Morgan fingerprint density at radius 3 is 2.66 bits per heavy atom. The molecule has 35 heavy (non-hydrogen) atoms. The fraction of sp³-hybridized carbons (Fsp3) is 0.577. The van der Waals surface area contributed by atoms with Gasteiger partial charge in [0, 0.05) is 17.4 Å². The van der Waals surface area contributed by atoms with Gasteiger partial charge in [0.05, 0.1) is 58.0 Å². The van der Waals surface area contributed by atoms with Gasteiger partial charge < -0.3 is 20.3 Å². The molecule has 1 aliphatic rings. The number of Topliss-reactive ketones (excluding diaryl/α,β-unsaturated/α-hetero) is 1. The van der Waals surface area contributed by atoms with E-state index in [4.69, 9.17) is 16.3 Å². The van der Waals surface area contributed by atoms with Gasteiger partial charge in [-0.25, -0.2) is 4.98 Å². The van der Waals surface area contributed by atoms with Gasteiger partial charge in [-0.3, -0.25) is 9.59 Å². The van der Waals surface area contributed by atoms with Crippen LogP contribution in [0.2, 0.25) is 0 Å². The van der Waals surface area contributed by atoms with Crippen molar-refractivity contribution < 1.29 is 24.5 Å². The summed E-state index contributed by atoms with van der Waals surface area (Å²) in [6, 6.07) is 5.52. The summed E-state index contributed by atoms with van der Waals surface area (Å²) in [6.45, 7) is 8.76. The third-order valence-corrected chi connectivity index (χ3v) is 8.10. The van der Waals surface area contributed by atoms with Crippen molar-refractivity contribution in [3.63, 3.8) is 0 Å². The van der Waals surface area contributed by atoms with Gasteiger partial charge in [0.25, 0.3) is 0 Å². The van der Waals surface area contributed by atoms with E-state index in [2.05, 4.69) is 10.3 Å². The highest BCUT2D eigenvalue weighted by atomic mass is 35.5. The predicted molar refractivity (Wildman–Crippen MR) is 138 cm³/mol. The number of ether oxygens (including phenoxy) is 1. The highest BCUT2D eigenvalue weighted by Gasteiger charge is 2.42. The van der Waals surface area contributed by atoms with Gasteiger partial charge in [0.15, 0.2) is 0 Å². The number of nitrogens with zero attached hydrogens (tertiary/aromatic N) is 1. The number of hydrogen-bond acceptors (Lipinski definition) is 7. The Kier molecular flexibility index (Phi) is 9.10. The molecule has 1 amide bonds. The van der Waals surface area contributed by atoms with Crippen LogP contribution in [0.15, 0.2) is 29.3 Å². The van der Waals surface area contributed by atoms with E-state index in [1.807, 2.05) is 31.2 Å². The molecular formula is C26H35ClN2O5S. The van der Waals surface area contributed by atoms with Crippen molar-refractivity contribution in [3.05, 3.63) is 39.9 Å². The second kappa shape index (κ2) is 11.5. The molecule has 0 saturated carbocycles. The number of fused-ring (bicyclic) bond motifs is 1. The summed E-state index contributed by atoms with van der Waals surface area (Å²) in [5, 5.41) is 26.0. The average molecular weight is 523 g/mol. The van der Waals surface area contributed by atoms with Crippen LogP contribution in [0.1, 0.15) is 63.6 Å². The van der Waals surface area contributed by atoms with Crippen LogP contribution in [0.3, 0.4) is 0 Å². The largest absolute Gasteiger partial charge is 0.392 e. The molecule has 2 heterocycles. The van der Waals surface area contributed by atoms with Crippen LogP contribution in [-0.2, 0) is 14.3 Å². The van der Waals surface area contributed by atoms with Gasteiger partial charge in [-0.05, 0) is 38.0 Å². The Balaban J connectivity index is 1.91. The number of rotatable bonds is 1. The molecule has 0 unspecified atom stereocenters. The average Bonchev–Trinajstić information content (AvgIpc) is 3.18. The maximum Gasteiger partial charge on any atom is 0.223 e. The van der Waals surface area contributed by atoms with Gasteiger partial charge in [0.2, 0.25) is 5.91 Å². The minimum absolute atomic E-state index is 0.250. The molecule has 3 N–H and O–H groups in total. The van der Waals surface area contributed by atoms with Crippen molar-refractivity contribution in [2.24, 2.45) is 11.3 Å².